The summed E-state index contributed by atoms with van der Waals surface area (Å²) in [5, 5.41) is 1.38. The van der Waals surface area contributed by atoms with Crippen LogP contribution >= 0.6 is 12.6 Å². The van der Waals surface area contributed by atoms with E-state index >= 15 is 0 Å². The summed E-state index contributed by atoms with van der Waals surface area (Å²) in [5.41, 5.74) is 7.35. The number of aryl methyl sites for hydroxylation is 2. The van der Waals surface area contributed by atoms with Crippen molar-refractivity contribution in [2.75, 3.05) is 20.1 Å². The fourth-order valence-corrected chi connectivity index (χ4v) is 4.40. The number of aromatic nitrogens is 1. The molecule has 116 valence electrons. The maximum atomic E-state index is 6.31. The number of thiol groups is 1. The highest BCUT2D eigenvalue weighted by Gasteiger charge is 2.25. The molecule has 22 heavy (non-hydrogen) atoms. The van der Waals surface area contributed by atoms with Crippen molar-refractivity contribution in [2.45, 2.75) is 50.8 Å². The Hall–Kier alpha value is -0.865. The van der Waals surface area contributed by atoms with Gasteiger partial charge in [-0.1, -0.05) is 17.9 Å². The molecule has 0 amide bonds. The number of H-pyrrole nitrogens is 1. The molecule has 1 aliphatic rings. The summed E-state index contributed by atoms with van der Waals surface area (Å²) in [6.07, 6.45) is 3.42. The summed E-state index contributed by atoms with van der Waals surface area (Å²) < 4.78 is 0. The fourth-order valence-electron chi connectivity index (χ4n) is 4.10. The van der Waals surface area contributed by atoms with Gasteiger partial charge < -0.3 is 9.88 Å². The van der Waals surface area contributed by atoms with Crippen molar-refractivity contribution in [3.8, 4) is 0 Å². The standard InChI is InChI=1S/C18H25BN2S/c1-5-13-10(2)14-15(12-6-8-21(4)9-7-12)11(3)20-17(14)18(22)16(13)19/h12,20,22H,5-9H2,1-4H3. The van der Waals surface area contributed by atoms with E-state index in [2.05, 4.69) is 37.7 Å². The third kappa shape index (κ3) is 2.41. The van der Waals surface area contributed by atoms with E-state index in [1.807, 2.05) is 0 Å². The SMILES string of the molecule is [B]c1c(CC)c(C)c2c(C3CCN(C)CC3)c(C)[nH]c2c1S. The van der Waals surface area contributed by atoms with Crippen LogP contribution in [0.1, 0.15) is 48.1 Å². The lowest BCUT2D eigenvalue weighted by Crippen LogP contribution is -2.29. The molecule has 2 heterocycles. The van der Waals surface area contributed by atoms with Crippen molar-refractivity contribution < 1.29 is 0 Å². The molecule has 2 aromatic rings. The van der Waals surface area contributed by atoms with Gasteiger partial charge in [0.05, 0.1) is 5.52 Å². The van der Waals surface area contributed by atoms with Gasteiger partial charge in [-0.3, -0.25) is 0 Å². The van der Waals surface area contributed by atoms with Crippen LogP contribution in [-0.2, 0) is 6.42 Å². The van der Waals surface area contributed by atoms with Crippen molar-refractivity contribution in [2.24, 2.45) is 0 Å². The summed E-state index contributed by atoms with van der Waals surface area (Å²) in [6, 6.07) is 0. The van der Waals surface area contributed by atoms with Gasteiger partial charge in [-0.25, -0.2) is 0 Å². The number of fused-ring (bicyclic) bond motifs is 1. The first kappa shape index (κ1) is 16.0. The van der Waals surface area contributed by atoms with E-state index in [0.717, 1.165) is 22.3 Å². The first-order valence-corrected chi connectivity index (χ1v) is 8.70. The Kier molecular flexibility index (Phi) is 4.35. The fraction of sp³-hybridized carbons (Fsp3) is 0.556. The highest BCUT2D eigenvalue weighted by atomic mass is 32.1. The van der Waals surface area contributed by atoms with E-state index in [1.54, 1.807) is 0 Å². The monoisotopic (exact) mass is 312 g/mol. The van der Waals surface area contributed by atoms with E-state index in [1.165, 1.54) is 53.7 Å². The third-order valence-corrected chi connectivity index (χ3v) is 5.83. The van der Waals surface area contributed by atoms with Gasteiger partial charge >= 0.3 is 0 Å². The number of nitrogens with one attached hydrogen (secondary N) is 1. The molecule has 1 aromatic carbocycles. The van der Waals surface area contributed by atoms with Crippen LogP contribution in [0.5, 0.6) is 0 Å². The van der Waals surface area contributed by atoms with Gasteiger partial charge in [0, 0.05) is 16.0 Å². The lowest BCUT2D eigenvalue weighted by Gasteiger charge is -2.29. The van der Waals surface area contributed by atoms with Crippen LogP contribution in [0.2, 0.25) is 0 Å². The number of rotatable bonds is 2. The largest absolute Gasteiger partial charge is 0.357 e. The predicted molar refractivity (Wildman–Crippen MR) is 99.3 cm³/mol. The molecule has 4 heteroatoms. The molecule has 0 saturated carbocycles. The molecule has 1 aliphatic heterocycles. The molecule has 0 bridgehead atoms. The highest BCUT2D eigenvalue weighted by Crippen LogP contribution is 2.39. The minimum Gasteiger partial charge on any atom is -0.357 e. The second kappa shape index (κ2) is 5.97. The number of likely N-dealkylation sites (tertiary alicyclic amines) is 1. The van der Waals surface area contributed by atoms with Gasteiger partial charge in [0.25, 0.3) is 0 Å². The van der Waals surface area contributed by atoms with Crippen LogP contribution in [0.3, 0.4) is 0 Å². The average Bonchev–Trinajstić information content (AvgIpc) is 2.84. The highest BCUT2D eigenvalue weighted by molar-refractivity contribution is 7.80. The molecular formula is C18H25BN2S. The topological polar surface area (TPSA) is 19.0 Å². The summed E-state index contributed by atoms with van der Waals surface area (Å²) in [6.45, 7) is 8.95. The maximum Gasteiger partial charge on any atom is 0.115 e. The summed E-state index contributed by atoms with van der Waals surface area (Å²) in [5.74, 6) is 0.643. The minimum absolute atomic E-state index is 0.643. The Morgan fingerprint density at radius 1 is 1.27 bits per heavy atom. The van der Waals surface area contributed by atoms with E-state index in [-0.39, 0.29) is 0 Å². The average molecular weight is 312 g/mol. The number of hydrogen-bond acceptors (Lipinski definition) is 2. The van der Waals surface area contributed by atoms with E-state index in [4.69, 9.17) is 20.5 Å². The molecule has 3 rings (SSSR count). The molecule has 2 radical (unpaired) electrons. The zero-order valence-corrected chi connectivity index (χ0v) is 15.0. The molecule has 1 aromatic heterocycles. The molecule has 1 N–H and O–H groups in total. The number of benzene rings is 1. The Morgan fingerprint density at radius 2 is 1.91 bits per heavy atom. The van der Waals surface area contributed by atoms with Crippen molar-refractivity contribution >= 4 is 36.8 Å². The Bertz CT molecular complexity index is 712. The molecule has 2 nitrogen and oxygen atoms in total. The van der Waals surface area contributed by atoms with E-state index < -0.39 is 0 Å². The molecule has 0 aliphatic carbocycles. The minimum atomic E-state index is 0.643. The van der Waals surface area contributed by atoms with E-state index in [0.29, 0.717) is 5.92 Å². The molecule has 0 unspecified atom stereocenters. The van der Waals surface area contributed by atoms with Gasteiger partial charge in [0.15, 0.2) is 0 Å². The van der Waals surface area contributed by atoms with Crippen LogP contribution < -0.4 is 5.46 Å². The molecule has 0 atom stereocenters. The zero-order valence-electron chi connectivity index (χ0n) is 14.1. The number of aromatic amines is 1. The van der Waals surface area contributed by atoms with Crippen molar-refractivity contribution in [3.05, 3.63) is 22.4 Å². The molecule has 1 saturated heterocycles. The van der Waals surface area contributed by atoms with Crippen molar-refractivity contribution in [1.82, 2.24) is 9.88 Å². The van der Waals surface area contributed by atoms with Crippen LogP contribution in [-0.4, -0.2) is 37.9 Å². The third-order valence-electron chi connectivity index (χ3n) is 5.36. The van der Waals surface area contributed by atoms with E-state index in [9.17, 15) is 0 Å². The van der Waals surface area contributed by atoms with Gasteiger partial charge in [-0.05, 0) is 70.3 Å². The second-order valence-corrected chi connectivity index (χ2v) is 7.16. The normalized spacial score (nSPS) is 17.5. The second-order valence-electron chi connectivity index (χ2n) is 6.71. The van der Waals surface area contributed by atoms with Gasteiger partial charge in [0.1, 0.15) is 7.85 Å². The van der Waals surface area contributed by atoms with Crippen molar-refractivity contribution in [3.63, 3.8) is 0 Å². The van der Waals surface area contributed by atoms with Crippen LogP contribution in [0.4, 0.5) is 0 Å². The van der Waals surface area contributed by atoms with Crippen LogP contribution in [0, 0.1) is 13.8 Å². The lowest BCUT2D eigenvalue weighted by atomic mass is 9.81. The van der Waals surface area contributed by atoms with Gasteiger partial charge in [-0.2, -0.15) is 0 Å². The van der Waals surface area contributed by atoms with Crippen molar-refractivity contribution in [1.29, 1.82) is 0 Å². The molecule has 1 fully saturated rings. The number of nitrogens with zero attached hydrogens (tertiary/aromatic N) is 1. The summed E-state index contributed by atoms with van der Waals surface area (Å²) >= 11 is 4.71. The van der Waals surface area contributed by atoms with Crippen LogP contribution in [0.15, 0.2) is 4.90 Å². The number of hydrogen-bond donors (Lipinski definition) is 2. The quantitative estimate of drug-likeness (QED) is 0.644. The Balaban J connectivity index is 2.23. The van der Waals surface area contributed by atoms with Gasteiger partial charge in [-0.15, -0.1) is 12.6 Å². The Morgan fingerprint density at radius 3 is 2.50 bits per heavy atom. The molecular weight excluding hydrogens is 287 g/mol. The van der Waals surface area contributed by atoms with Gasteiger partial charge in [0.2, 0.25) is 0 Å². The number of piperidine rings is 1. The smallest absolute Gasteiger partial charge is 0.115 e. The maximum absolute atomic E-state index is 6.31. The first-order valence-electron chi connectivity index (χ1n) is 8.26. The lowest BCUT2D eigenvalue weighted by molar-refractivity contribution is 0.255. The van der Waals surface area contributed by atoms with Crippen LogP contribution in [0.25, 0.3) is 10.9 Å². The predicted octanol–water partition coefficient (Wildman–Crippen LogP) is 3.24. The molecule has 0 spiro atoms. The first-order chi connectivity index (χ1) is 10.5. The zero-order chi connectivity index (χ0) is 16.0. The summed E-state index contributed by atoms with van der Waals surface area (Å²) in [4.78, 5) is 6.91. The Labute approximate surface area is 140 Å². The summed E-state index contributed by atoms with van der Waals surface area (Å²) in [7, 11) is 8.53.